The standard InChI is InChI=1S/C66H54N2/c1-65(2,3)49-31-35-52(45-22-14-9-15-23-45)62(41-49)67(50-32-36-51(44-20-12-8-13-21-44)57(42-50)66(4,5)6)59-37-28-46-27-34-55-60(38-29-47-26-33-54(59)63(46)64(47)55)68-58-25-17-16-24-53(58)56-40-48(30-39-61(56)68)43-18-10-7-11-19-43/h7-42H,1-6H3. The molecule has 0 N–H and O–H groups in total. The summed E-state index contributed by atoms with van der Waals surface area (Å²) in [4.78, 5) is 2.56. The van der Waals surface area contributed by atoms with E-state index in [-0.39, 0.29) is 10.8 Å². The molecule has 68 heavy (non-hydrogen) atoms. The van der Waals surface area contributed by atoms with E-state index in [9.17, 15) is 0 Å². The number of anilines is 3. The number of hydrogen-bond acceptors (Lipinski definition) is 1. The first-order chi connectivity index (χ1) is 33.0. The third kappa shape index (κ3) is 6.86. The van der Waals surface area contributed by atoms with Gasteiger partial charge in [-0.3, -0.25) is 0 Å². The molecule has 12 rings (SSSR count). The summed E-state index contributed by atoms with van der Waals surface area (Å²) < 4.78 is 2.49. The highest BCUT2D eigenvalue weighted by atomic mass is 15.1. The van der Waals surface area contributed by atoms with E-state index in [1.54, 1.807) is 0 Å². The Labute approximate surface area is 399 Å². The zero-order chi connectivity index (χ0) is 46.3. The lowest BCUT2D eigenvalue weighted by molar-refractivity contribution is 0.590. The summed E-state index contributed by atoms with van der Waals surface area (Å²) in [5.41, 5.74) is 16.8. The molecule has 1 heterocycles. The SMILES string of the molecule is CC(C)(C)c1ccc(-c2ccccc2)c(N(c2ccc(-c3ccccc3)c(C(C)(C)C)c2)c2ccc3ccc4c(-n5c6ccccc6c6cc(-c7ccccc7)ccc65)ccc5ccc2c3c54)c1. The third-order valence-electron chi connectivity index (χ3n) is 14.2. The molecule has 11 aromatic carbocycles. The van der Waals surface area contributed by atoms with Gasteiger partial charge in [-0.05, 0) is 120 Å². The van der Waals surface area contributed by atoms with Crippen LogP contribution < -0.4 is 4.90 Å². The van der Waals surface area contributed by atoms with Gasteiger partial charge < -0.3 is 9.47 Å². The second-order valence-electron chi connectivity index (χ2n) is 20.6. The lowest BCUT2D eigenvalue weighted by Crippen LogP contribution is -2.18. The van der Waals surface area contributed by atoms with Gasteiger partial charge in [-0.15, -0.1) is 0 Å². The minimum Gasteiger partial charge on any atom is -0.309 e. The molecule has 0 aliphatic heterocycles. The van der Waals surface area contributed by atoms with Crippen LogP contribution in [0.5, 0.6) is 0 Å². The van der Waals surface area contributed by atoms with Gasteiger partial charge in [0, 0.05) is 32.8 Å². The molecule has 0 saturated heterocycles. The maximum absolute atomic E-state index is 2.56. The Bertz CT molecular complexity index is 3850. The number of aromatic nitrogens is 1. The first-order valence-electron chi connectivity index (χ1n) is 24.0. The van der Waals surface area contributed by atoms with Gasteiger partial charge in [0.1, 0.15) is 0 Å². The summed E-state index contributed by atoms with van der Waals surface area (Å²) in [7, 11) is 0. The molecule has 0 amide bonds. The van der Waals surface area contributed by atoms with Crippen LogP contribution in [0.1, 0.15) is 52.7 Å². The highest BCUT2D eigenvalue weighted by Crippen LogP contribution is 2.50. The minimum atomic E-state index is -0.128. The Morgan fingerprint density at radius 1 is 0.353 bits per heavy atom. The van der Waals surface area contributed by atoms with Gasteiger partial charge in [0.05, 0.1) is 28.1 Å². The number of rotatable bonds is 7. The van der Waals surface area contributed by atoms with Crippen LogP contribution in [0.4, 0.5) is 17.1 Å². The van der Waals surface area contributed by atoms with E-state index in [2.05, 4.69) is 269 Å². The lowest BCUT2D eigenvalue weighted by Gasteiger charge is -2.33. The quantitative estimate of drug-likeness (QED) is 0.145. The van der Waals surface area contributed by atoms with Crippen molar-refractivity contribution in [3.63, 3.8) is 0 Å². The third-order valence-corrected chi connectivity index (χ3v) is 14.2. The normalized spacial score (nSPS) is 12.3. The zero-order valence-corrected chi connectivity index (χ0v) is 39.7. The number of para-hydroxylation sites is 1. The minimum absolute atomic E-state index is 0.0711. The fourth-order valence-corrected chi connectivity index (χ4v) is 10.8. The second kappa shape index (κ2) is 15.9. The Kier molecular flexibility index (Phi) is 9.67. The summed E-state index contributed by atoms with van der Waals surface area (Å²) in [6, 6.07) is 81.4. The molecule has 0 radical (unpaired) electrons. The molecular formula is C66H54N2. The van der Waals surface area contributed by atoms with Gasteiger partial charge in [0.2, 0.25) is 0 Å². The fraction of sp³-hybridized carbons (Fsp3) is 0.121. The summed E-state index contributed by atoms with van der Waals surface area (Å²) in [6.07, 6.45) is 0. The highest BCUT2D eigenvalue weighted by Gasteiger charge is 2.27. The van der Waals surface area contributed by atoms with Gasteiger partial charge in [0.25, 0.3) is 0 Å². The number of fused-ring (bicyclic) bond motifs is 3. The van der Waals surface area contributed by atoms with Gasteiger partial charge in [-0.2, -0.15) is 0 Å². The molecular weight excluding hydrogens is 821 g/mol. The summed E-state index contributed by atoms with van der Waals surface area (Å²) >= 11 is 0. The van der Waals surface area contributed by atoms with E-state index in [0.29, 0.717) is 0 Å². The van der Waals surface area contributed by atoms with Crippen molar-refractivity contribution in [2.24, 2.45) is 0 Å². The molecule has 0 unspecified atom stereocenters. The maximum atomic E-state index is 2.56. The topological polar surface area (TPSA) is 8.17 Å². The van der Waals surface area contributed by atoms with Crippen LogP contribution in [0.25, 0.3) is 93.2 Å². The zero-order valence-electron chi connectivity index (χ0n) is 39.7. The van der Waals surface area contributed by atoms with Crippen molar-refractivity contribution in [3.8, 4) is 39.1 Å². The van der Waals surface area contributed by atoms with Gasteiger partial charge in [-0.1, -0.05) is 211 Å². The molecule has 0 aliphatic carbocycles. The number of benzene rings is 11. The van der Waals surface area contributed by atoms with Crippen molar-refractivity contribution in [2.75, 3.05) is 4.90 Å². The Balaban J connectivity index is 1.14. The lowest BCUT2D eigenvalue weighted by atomic mass is 9.81. The van der Waals surface area contributed by atoms with Crippen molar-refractivity contribution < 1.29 is 0 Å². The average molecular weight is 875 g/mol. The fourth-order valence-electron chi connectivity index (χ4n) is 10.8. The van der Waals surface area contributed by atoms with Crippen molar-refractivity contribution in [1.29, 1.82) is 0 Å². The predicted octanol–water partition coefficient (Wildman–Crippen LogP) is 18.7. The second-order valence-corrected chi connectivity index (χ2v) is 20.6. The van der Waals surface area contributed by atoms with E-state index >= 15 is 0 Å². The molecule has 1 aromatic heterocycles. The molecule has 0 bridgehead atoms. The van der Waals surface area contributed by atoms with Crippen LogP contribution >= 0.6 is 0 Å². The van der Waals surface area contributed by atoms with Crippen LogP contribution in [0.2, 0.25) is 0 Å². The molecule has 0 aliphatic rings. The van der Waals surface area contributed by atoms with Crippen molar-refractivity contribution >= 4 is 71.2 Å². The van der Waals surface area contributed by atoms with Crippen LogP contribution in [0.3, 0.4) is 0 Å². The van der Waals surface area contributed by atoms with E-state index in [4.69, 9.17) is 0 Å². The summed E-state index contributed by atoms with van der Waals surface area (Å²) in [6.45, 7) is 14.0. The van der Waals surface area contributed by atoms with Crippen LogP contribution in [-0.2, 0) is 10.8 Å². The Morgan fingerprint density at radius 3 is 1.62 bits per heavy atom. The molecule has 0 atom stereocenters. The first-order valence-corrected chi connectivity index (χ1v) is 24.0. The molecule has 12 aromatic rings. The van der Waals surface area contributed by atoms with Crippen LogP contribution in [-0.4, -0.2) is 4.57 Å². The molecule has 2 heteroatoms. The molecule has 0 spiro atoms. The largest absolute Gasteiger partial charge is 0.309 e. The molecule has 328 valence electrons. The Hall–Kier alpha value is -7.94. The highest BCUT2D eigenvalue weighted by molar-refractivity contribution is 6.27. The summed E-state index contributed by atoms with van der Waals surface area (Å²) in [5.74, 6) is 0. The predicted molar refractivity (Wildman–Crippen MR) is 293 cm³/mol. The van der Waals surface area contributed by atoms with Crippen molar-refractivity contribution in [2.45, 2.75) is 52.4 Å². The maximum Gasteiger partial charge on any atom is 0.0543 e. The van der Waals surface area contributed by atoms with Crippen LogP contribution in [0.15, 0.2) is 218 Å². The first kappa shape index (κ1) is 41.5. The van der Waals surface area contributed by atoms with Gasteiger partial charge in [0.15, 0.2) is 0 Å². The van der Waals surface area contributed by atoms with E-state index in [1.165, 1.54) is 104 Å². The average Bonchev–Trinajstić information content (AvgIpc) is 3.69. The van der Waals surface area contributed by atoms with Gasteiger partial charge in [-0.25, -0.2) is 0 Å². The monoisotopic (exact) mass is 874 g/mol. The molecule has 0 fully saturated rings. The summed E-state index contributed by atoms with van der Waals surface area (Å²) in [5, 5.41) is 10.00. The van der Waals surface area contributed by atoms with Crippen LogP contribution in [0, 0.1) is 0 Å². The smallest absolute Gasteiger partial charge is 0.0543 e. The van der Waals surface area contributed by atoms with Crippen molar-refractivity contribution in [3.05, 3.63) is 230 Å². The molecule has 0 saturated carbocycles. The Morgan fingerprint density at radius 2 is 0.926 bits per heavy atom. The number of hydrogen-bond donors (Lipinski definition) is 0. The van der Waals surface area contributed by atoms with Gasteiger partial charge >= 0.3 is 0 Å². The molecule has 2 nitrogen and oxygen atoms in total. The number of nitrogens with zero attached hydrogens (tertiary/aromatic N) is 2. The van der Waals surface area contributed by atoms with E-state index < -0.39 is 0 Å². The van der Waals surface area contributed by atoms with E-state index in [1.807, 2.05) is 0 Å². The van der Waals surface area contributed by atoms with Crippen molar-refractivity contribution in [1.82, 2.24) is 4.57 Å². The van der Waals surface area contributed by atoms with E-state index in [0.717, 1.165) is 17.1 Å².